The maximum atomic E-state index is 13.0. The number of nitrogens with zero attached hydrogens (tertiary/aromatic N) is 2. The van der Waals surface area contributed by atoms with Gasteiger partial charge in [-0.2, -0.15) is 5.10 Å². The minimum Gasteiger partial charge on any atom is -0.507 e. The second-order valence-corrected chi connectivity index (χ2v) is 8.00. The van der Waals surface area contributed by atoms with Crippen molar-refractivity contribution in [2.75, 3.05) is 6.54 Å². The summed E-state index contributed by atoms with van der Waals surface area (Å²) in [5, 5.41) is 18.2. The zero-order chi connectivity index (χ0) is 20.0. The number of carbonyl (C=O) groups is 1. The third kappa shape index (κ3) is 2.93. The lowest BCUT2D eigenvalue weighted by molar-refractivity contribution is 0.0764. The van der Waals surface area contributed by atoms with Gasteiger partial charge in [-0.25, -0.2) is 0 Å². The molecule has 1 aromatic heterocycles. The van der Waals surface area contributed by atoms with E-state index in [-0.39, 0.29) is 17.7 Å². The molecular weight excluding hydrogens is 442 g/mol. The fourth-order valence-electron chi connectivity index (χ4n) is 3.58. The van der Waals surface area contributed by atoms with Gasteiger partial charge in [0.05, 0.1) is 6.04 Å². The van der Waals surface area contributed by atoms with Crippen molar-refractivity contribution in [3.8, 4) is 17.0 Å². The van der Waals surface area contributed by atoms with Crippen molar-refractivity contribution in [3.63, 3.8) is 0 Å². The van der Waals surface area contributed by atoms with Crippen molar-refractivity contribution >= 4 is 33.4 Å². The molecule has 1 atom stereocenters. The van der Waals surface area contributed by atoms with E-state index in [0.29, 0.717) is 28.5 Å². The largest absolute Gasteiger partial charge is 0.507 e. The van der Waals surface area contributed by atoms with E-state index < -0.39 is 0 Å². The van der Waals surface area contributed by atoms with Crippen molar-refractivity contribution in [3.05, 3.63) is 80.9 Å². The van der Waals surface area contributed by atoms with Gasteiger partial charge in [0.15, 0.2) is 0 Å². The quantitative estimate of drug-likeness (QED) is 0.525. The summed E-state index contributed by atoms with van der Waals surface area (Å²) in [7, 11) is 0. The van der Waals surface area contributed by atoms with E-state index in [1.165, 1.54) is 0 Å². The number of aromatic amines is 1. The fraction of sp³-hybridized carbons (Fsp3) is 0.143. The average Bonchev–Trinajstić information content (AvgIpc) is 3.20. The van der Waals surface area contributed by atoms with Crippen LogP contribution in [-0.4, -0.2) is 32.7 Å². The Kier molecular flexibility index (Phi) is 4.77. The number of carbonyl (C=O) groups excluding carboxylic acids is 1. The molecule has 5 nitrogen and oxygen atoms in total. The normalized spacial score (nSPS) is 15.8. The van der Waals surface area contributed by atoms with Gasteiger partial charge in [0.25, 0.3) is 5.91 Å². The summed E-state index contributed by atoms with van der Waals surface area (Å²) in [5.74, 6) is -0.0837. The maximum Gasteiger partial charge on any atom is 0.273 e. The van der Waals surface area contributed by atoms with Crippen LogP contribution >= 0.6 is 27.5 Å². The molecule has 2 heterocycles. The minimum atomic E-state index is -0.346. The van der Waals surface area contributed by atoms with Crippen LogP contribution < -0.4 is 0 Å². The molecule has 1 aliphatic rings. The van der Waals surface area contributed by atoms with Crippen LogP contribution in [-0.2, 0) is 0 Å². The molecule has 0 spiro atoms. The van der Waals surface area contributed by atoms with Crippen LogP contribution in [0.1, 0.15) is 33.2 Å². The predicted molar refractivity (Wildman–Crippen MR) is 113 cm³/mol. The molecule has 1 amide bonds. The number of amides is 1. The number of H-pyrrole nitrogens is 1. The Morgan fingerprint density at radius 1 is 1.36 bits per heavy atom. The lowest BCUT2D eigenvalue weighted by Gasteiger charge is -2.25. The molecule has 0 saturated carbocycles. The molecule has 1 aliphatic heterocycles. The van der Waals surface area contributed by atoms with E-state index in [0.717, 1.165) is 21.2 Å². The molecule has 0 saturated heterocycles. The molecule has 2 N–H and O–H groups in total. The molecule has 3 aromatic rings. The molecule has 4 rings (SSSR count). The molecule has 1 unspecified atom stereocenters. The number of hydrogen-bond acceptors (Lipinski definition) is 3. The summed E-state index contributed by atoms with van der Waals surface area (Å²) in [5.41, 5.74) is 3.86. The lowest BCUT2D eigenvalue weighted by Crippen LogP contribution is -2.29. The molecule has 28 heavy (non-hydrogen) atoms. The summed E-state index contributed by atoms with van der Waals surface area (Å²) in [6.45, 7) is 5.99. The van der Waals surface area contributed by atoms with E-state index >= 15 is 0 Å². The van der Waals surface area contributed by atoms with Crippen molar-refractivity contribution in [2.24, 2.45) is 0 Å². The number of aromatic hydroxyl groups is 1. The standard InChI is InChI=1S/C21H17BrClN3O2/c1-3-8-26-20(12-4-6-13(22)7-5-12)17-18(24-25-19(17)21(26)28)14-10-15(23)11(2)9-16(14)27/h3-7,9-10,20,27H,1,8H2,2H3,(H,24,25). The van der Waals surface area contributed by atoms with E-state index in [1.54, 1.807) is 23.1 Å². The first-order valence-electron chi connectivity index (χ1n) is 8.67. The van der Waals surface area contributed by atoms with Gasteiger partial charge in [-0.05, 0) is 42.3 Å². The number of aryl methyl sites for hydroxylation is 1. The number of phenolic OH excluding ortho intramolecular Hbond substituents is 1. The molecule has 0 fully saturated rings. The first-order chi connectivity index (χ1) is 13.4. The Hall–Kier alpha value is -2.57. The minimum absolute atomic E-state index is 0.0698. The SMILES string of the molecule is C=CCN1C(=O)c2[nH]nc(-c3cc(Cl)c(C)cc3O)c2C1c1ccc(Br)cc1. The van der Waals surface area contributed by atoms with E-state index in [1.807, 2.05) is 31.2 Å². The third-order valence-corrected chi connectivity index (χ3v) is 5.84. The molecular formula is C21H17BrClN3O2. The van der Waals surface area contributed by atoms with E-state index in [2.05, 4.69) is 32.7 Å². The molecule has 0 radical (unpaired) electrons. The average molecular weight is 459 g/mol. The van der Waals surface area contributed by atoms with Crippen LogP contribution in [0.15, 0.2) is 53.5 Å². The maximum absolute atomic E-state index is 13.0. The van der Waals surface area contributed by atoms with E-state index in [4.69, 9.17) is 11.6 Å². The summed E-state index contributed by atoms with van der Waals surface area (Å²) in [6, 6.07) is 10.7. The van der Waals surface area contributed by atoms with Crippen LogP contribution in [0.25, 0.3) is 11.3 Å². The molecule has 0 bridgehead atoms. The Labute approximate surface area is 175 Å². The number of halogens is 2. The number of rotatable bonds is 4. The number of nitrogens with one attached hydrogen (secondary N) is 1. The molecule has 2 aromatic carbocycles. The zero-order valence-electron chi connectivity index (χ0n) is 15.0. The van der Waals surface area contributed by atoms with Gasteiger partial charge in [-0.1, -0.05) is 45.7 Å². The molecule has 0 aliphatic carbocycles. The van der Waals surface area contributed by atoms with Crippen LogP contribution in [0.3, 0.4) is 0 Å². The van der Waals surface area contributed by atoms with Gasteiger partial charge in [0, 0.05) is 27.2 Å². The van der Waals surface area contributed by atoms with Crippen molar-refractivity contribution in [2.45, 2.75) is 13.0 Å². The summed E-state index contributed by atoms with van der Waals surface area (Å²) >= 11 is 9.74. The van der Waals surface area contributed by atoms with E-state index in [9.17, 15) is 9.90 Å². The Morgan fingerprint density at radius 3 is 2.75 bits per heavy atom. The number of fused-ring (bicyclic) bond motifs is 1. The highest BCUT2D eigenvalue weighted by Crippen LogP contribution is 2.45. The lowest BCUT2D eigenvalue weighted by atomic mass is 9.95. The van der Waals surface area contributed by atoms with Crippen molar-refractivity contribution < 1.29 is 9.90 Å². The molecule has 142 valence electrons. The second kappa shape index (κ2) is 7.11. The summed E-state index contributed by atoms with van der Waals surface area (Å²) in [4.78, 5) is 14.7. The topological polar surface area (TPSA) is 69.2 Å². The smallest absolute Gasteiger partial charge is 0.273 e. The first kappa shape index (κ1) is 18.8. The highest BCUT2D eigenvalue weighted by Gasteiger charge is 2.42. The van der Waals surface area contributed by atoms with Gasteiger partial charge in [0.2, 0.25) is 0 Å². The molecule has 7 heteroatoms. The number of benzene rings is 2. The third-order valence-electron chi connectivity index (χ3n) is 4.91. The number of aromatic nitrogens is 2. The predicted octanol–water partition coefficient (Wildman–Crippen LogP) is 5.24. The van der Waals surface area contributed by atoms with Crippen molar-refractivity contribution in [1.82, 2.24) is 15.1 Å². The number of hydrogen-bond donors (Lipinski definition) is 2. The summed E-state index contributed by atoms with van der Waals surface area (Å²) in [6.07, 6.45) is 1.70. The van der Waals surface area contributed by atoms with Crippen LogP contribution in [0.5, 0.6) is 5.75 Å². The second-order valence-electron chi connectivity index (χ2n) is 6.68. The van der Waals surface area contributed by atoms with Gasteiger partial charge in [-0.15, -0.1) is 6.58 Å². The van der Waals surface area contributed by atoms with Gasteiger partial charge in [-0.3, -0.25) is 9.89 Å². The van der Waals surface area contributed by atoms with Crippen LogP contribution in [0.2, 0.25) is 5.02 Å². The Morgan fingerprint density at radius 2 is 2.07 bits per heavy atom. The van der Waals surface area contributed by atoms with Gasteiger partial charge < -0.3 is 10.0 Å². The van der Waals surface area contributed by atoms with Crippen LogP contribution in [0.4, 0.5) is 0 Å². The first-order valence-corrected chi connectivity index (χ1v) is 9.84. The summed E-state index contributed by atoms with van der Waals surface area (Å²) < 4.78 is 0.950. The zero-order valence-corrected chi connectivity index (χ0v) is 17.4. The number of phenols is 1. The van der Waals surface area contributed by atoms with Gasteiger partial charge in [0.1, 0.15) is 17.1 Å². The highest BCUT2D eigenvalue weighted by atomic mass is 79.9. The monoisotopic (exact) mass is 457 g/mol. The van der Waals surface area contributed by atoms with Crippen LogP contribution in [0, 0.1) is 6.92 Å². The highest BCUT2D eigenvalue weighted by molar-refractivity contribution is 9.10. The van der Waals surface area contributed by atoms with Crippen molar-refractivity contribution in [1.29, 1.82) is 0 Å². The van der Waals surface area contributed by atoms with Gasteiger partial charge >= 0.3 is 0 Å². The fourth-order valence-corrected chi connectivity index (χ4v) is 4.00. The Bertz CT molecular complexity index is 1090. The Balaban J connectivity index is 1.93.